The van der Waals surface area contributed by atoms with Gasteiger partial charge in [0.05, 0.1) is 4.70 Å². The lowest BCUT2D eigenvalue weighted by Gasteiger charge is -2.38. The highest BCUT2D eigenvalue weighted by atomic mass is 32.1. The van der Waals surface area contributed by atoms with Crippen LogP contribution in [0.5, 0.6) is 11.6 Å². The quantitative estimate of drug-likeness (QED) is 0.446. The van der Waals surface area contributed by atoms with E-state index in [1.54, 1.807) is 0 Å². The first-order valence-electron chi connectivity index (χ1n) is 11.2. The monoisotopic (exact) mass is 474 g/mol. The lowest BCUT2D eigenvalue weighted by atomic mass is 10.1. The second kappa shape index (κ2) is 9.26. The average Bonchev–Trinajstić information content (AvgIpc) is 3.22. The van der Waals surface area contributed by atoms with Crippen LogP contribution in [0.25, 0.3) is 10.2 Å². The van der Waals surface area contributed by atoms with Crippen LogP contribution in [0.1, 0.15) is 18.1 Å². The molecule has 9 heteroatoms. The van der Waals surface area contributed by atoms with E-state index in [1.165, 1.54) is 41.4 Å². The Kier molecular flexibility index (Phi) is 6.02. The third-order valence-electron chi connectivity index (χ3n) is 5.87. The van der Waals surface area contributed by atoms with Crippen molar-refractivity contribution in [2.24, 2.45) is 0 Å². The predicted octanol–water partition coefficient (Wildman–Crippen LogP) is 4.78. The van der Waals surface area contributed by atoms with E-state index in [9.17, 15) is 4.79 Å². The number of thiazole rings is 1. The largest absolute Gasteiger partial charge is 0.437 e. The highest BCUT2D eigenvalue weighted by Crippen LogP contribution is 2.35. The molecule has 0 spiro atoms. The van der Waals surface area contributed by atoms with Crippen LogP contribution in [0.2, 0.25) is 0 Å². The number of rotatable bonds is 5. The molecule has 2 aromatic carbocycles. The molecule has 0 aliphatic carbocycles. The molecule has 0 atom stereocenters. The number of carbonyl (C=O) groups is 1. The van der Waals surface area contributed by atoms with Gasteiger partial charge >= 0.3 is 0 Å². The molecule has 0 saturated carbocycles. The zero-order chi connectivity index (χ0) is 23.7. The van der Waals surface area contributed by atoms with E-state index in [4.69, 9.17) is 4.74 Å². The van der Waals surface area contributed by atoms with E-state index in [0.29, 0.717) is 22.3 Å². The Morgan fingerprint density at radius 3 is 2.44 bits per heavy atom. The highest BCUT2D eigenvalue weighted by Gasteiger charge is 2.21. The Bertz CT molecular complexity index is 1330. The Morgan fingerprint density at radius 1 is 1.00 bits per heavy atom. The maximum absolute atomic E-state index is 11.4. The molecule has 3 heterocycles. The van der Waals surface area contributed by atoms with Crippen LogP contribution in [0, 0.1) is 13.8 Å². The van der Waals surface area contributed by atoms with Crippen molar-refractivity contribution in [3.8, 4) is 11.6 Å². The molecule has 1 saturated heterocycles. The second-order valence-corrected chi connectivity index (χ2v) is 9.36. The predicted molar refractivity (Wildman–Crippen MR) is 136 cm³/mol. The van der Waals surface area contributed by atoms with Gasteiger partial charge in [-0.05, 0) is 37.1 Å². The number of piperazine rings is 1. The highest BCUT2D eigenvalue weighted by molar-refractivity contribution is 7.22. The Hall–Kier alpha value is -3.72. The zero-order valence-electron chi connectivity index (χ0n) is 19.4. The summed E-state index contributed by atoms with van der Waals surface area (Å²) in [5, 5.41) is 3.28. The number of ether oxygens (including phenoxy) is 1. The van der Waals surface area contributed by atoms with Crippen molar-refractivity contribution in [2.75, 3.05) is 41.3 Å². The van der Waals surface area contributed by atoms with Crippen LogP contribution in [0.15, 0.2) is 48.8 Å². The number of fused-ring (bicyclic) bond motifs is 1. The van der Waals surface area contributed by atoms with Crippen LogP contribution >= 0.6 is 11.3 Å². The SMILES string of the molecule is CC(=O)Nc1nc2c(Oc3cc(N4CCN(c5c(C)cccc5C)CC4)ncn3)cccc2s1. The van der Waals surface area contributed by atoms with E-state index in [1.807, 2.05) is 24.3 Å². The third kappa shape index (κ3) is 4.51. The maximum atomic E-state index is 11.4. The minimum absolute atomic E-state index is 0.153. The number of nitrogens with one attached hydrogen (secondary N) is 1. The van der Waals surface area contributed by atoms with Gasteiger partial charge in [0, 0.05) is 44.9 Å². The summed E-state index contributed by atoms with van der Waals surface area (Å²) < 4.78 is 7.04. The van der Waals surface area contributed by atoms with Crippen molar-refractivity contribution in [3.63, 3.8) is 0 Å². The topological polar surface area (TPSA) is 83.5 Å². The first-order valence-corrected chi connectivity index (χ1v) is 12.0. The molecular weight excluding hydrogens is 448 g/mol. The lowest BCUT2D eigenvalue weighted by molar-refractivity contribution is -0.114. The summed E-state index contributed by atoms with van der Waals surface area (Å²) >= 11 is 1.41. The number of carbonyl (C=O) groups excluding carboxylic acids is 1. The van der Waals surface area contributed by atoms with Crippen molar-refractivity contribution < 1.29 is 9.53 Å². The average molecular weight is 475 g/mol. The fraction of sp³-hybridized carbons (Fsp3) is 0.280. The van der Waals surface area contributed by atoms with Gasteiger partial charge in [0.15, 0.2) is 10.9 Å². The van der Waals surface area contributed by atoms with Gasteiger partial charge < -0.3 is 19.9 Å². The van der Waals surface area contributed by atoms with Crippen molar-refractivity contribution in [2.45, 2.75) is 20.8 Å². The molecule has 0 radical (unpaired) electrons. The zero-order valence-corrected chi connectivity index (χ0v) is 20.2. The van der Waals surface area contributed by atoms with Crippen LogP contribution < -0.4 is 19.9 Å². The number of para-hydroxylation sites is 2. The maximum Gasteiger partial charge on any atom is 0.224 e. The van der Waals surface area contributed by atoms with Crippen LogP contribution in [0.3, 0.4) is 0 Å². The fourth-order valence-electron chi connectivity index (χ4n) is 4.34. The standard InChI is InChI=1S/C25H26N6O2S/c1-16-6-4-7-17(2)24(16)31-12-10-30(11-13-31)21-14-22(27-15-26-21)33-19-8-5-9-20-23(19)29-25(34-20)28-18(3)32/h4-9,14-15H,10-13H2,1-3H3,(H,28,29,32). The Labute approximate surface area is 202 Å². The second-order valence-electron chi connectivity index (χ2n) is 8.33. The van der Waals surface area contributed by atoms with Crippen LogP contribution in [-0.4, -0.2) is 47.0 Å². The normalized spacial score (nSPS) is 13.9. The van der Waals surface area contributed by atoms with Gasteiger partial charge in [-0.1, -0.05) is 35.6 Å². The summed E-state index contributed by atoms with van der Waals surface area (Å²) in [5.74, 6) is 1.74. The molecule has 1 amide bonds. The number of hydrogen-bond acceptors (Lipinski definition) is 8. The van der Waals surface area contributed by atoms with Crippen molar-refractivity contribution in [1.82, 2.24) is 15.0 Å². The molecule has 1 fully saturated rings. The van der Waals surface area contributed by atoms with Crippen molar-refractivity contribution >= 4 is 44.1 Å². The van der Waals surface area contributed by atoms with E-state index >= 15 is 0 Å². The number of benzene rings is 2. The van der Waals surface area contributed by atoms with Gasteiger partial charge in [-0.2, -0.15) is 0 Å². The number of nitrogens with zero attached hydrogens (tertiary/aromatic N) is 5. The van der Waals surface area contributed by atoms with Gasteiger partial charge in [-0.15, -0.1) is 0 Å². The summed E-state index contributed by atoms with van der Waals surface area (Å²) in [4.78, 5) is 29.4. The van der Waals surface area contributed by atoms with Gasteiger partial charge in [0.25, 0.3) is 0 Å². The number of amides is 1. The molecule has 8 nitrogen and oxygen atoms in total. The number of anilines is 3. The van der Waals surface area contributed by atoms with Gasteiger partial charge in [-0.3, -0.25) is 4.79 Å². The minimum atomic E-state index is -0.153. The fourth-order valence-corrected chi connectivity index (χ4v) is 5.27. The molecule has 4 aromatic rings. The molecule has 1 aliphatic rings. The smallest absolute Gasteiger partial charge is 0.224 e. The Balaban J connectivity index is 1.31. The van der Waals surface area contributed by atoms with Crippen LogP contribution in [-0.2, 0) is 4.79 Å². The van der Waals surface area contributed by atoms with Crippen LogP contribution in [0.4, 0.5) is 16.6 Å². The summed E-state index contributed by atoms with van der Waals surface area (Å²) in [6.07, 6.45) is 1.53. The van der Waals surface area contributed by atoms with Gasteiger partial charge in [-0.25, -0.2) is 15.0 Å². The Morgan fingerprint density at radius 2 is 1.71 bits per heavy atom. The molecule has 0 bridgehead atoms. The number of hydrogen-bond donors (Lipinski definition) is 1. The summed E-state index contributed by atoms with van der Waals surface area (Å²) in [5.41, 5.74) is 4.65. The van der Waals surface area contributed by atoms with E-state index in [-0.39, 0.29) is 5.91 Å². The summed E-state index contributed by atoms with van der Waals surface area (Å²) in [7, 11) is 0. The van der Waals surface area contributed by atoms with E-state index in [0.717, 1.165) is 36.7 Å². The van der Waals surface area contributed by atoms with E-state index < -0.39 is 0 Å². The third-order valence-corrected chi connectivity index (χ3v) is 6.80. The van der Waals surface area contributed by atoms with E-state index in [2.05, 4.69) is 62.1 Å². The van der Waals surface area contributed by atoms with Crippen molar-refractivity contribution in [3.05, 3.63) is 59.9 Å². The molecule has 1 aliphatic heterocycles. The first-order chi connectivity index (χ1) is 16.5. The van der Waals surface area contributed by atoms with Crippen molar-refractivity contribution in [1.29, 1.82) is 0 Å². The number of aryl methyl sites for hydroxylation is 2. The molecule has 2 aromatic heterocycles. The summed E-state index contributed by atoms with van der Waals surface area (Å²) in [6.45, 7) is 9.40. The summed E-state index contributed by atoms with van der Waals surface area (Å²) in [6, 6.07) is 14.0. The minimum Gasteiger partial charge on any atom is -0.437 e. The molecule has 1 N–H and O–H groups in total. The molecule has 34 heavy (non-hydrogen) atoms. The lowest BCUT2D eigenvalue weighted by Crippen LogP contribution is -2.47. The number of aromatic nitrogens is 3. The molecule has 5 rings (SSSR count). The molecular formula is C25H26N6O2S. The molecule has 0 unspecified atom stereocenters. The van der Waals surface area contributed by atoms with Gasteiger partial charge in [0.2, 0.25) is 11.8 Å². The first kappa shape index (κ1) is 22.1. The van der Waals surface area contributed by atoms with Gasteiger partial charge in [0.1, 0.15) is 17.7 Å². The molecule has 174 valence electrons.